The molecule has 14 heavy (non-hydrogen) atoms. The molecule has 0 aliphatic rings. The van der Waals surface area contributed by atoms with Gasteiger partial charge in [0.15, 0.2) is 0 Å². The Morgan fingerprint density at radius 3 is 2.50 bits per heavy atom. The Balaban J connectivity index is 3.28. The predicted molar refractivity (Wildman–Crippen MR) is 51.5 cm³/mol. The molecule has 1 rings (SSSR count). The van der Waals surface area contributed by atoms with Crippen molar-refractivity contribution in [2.45, 2.75) is 11.5 Å². The molecule has 0 bridgehead atoms. The highest BCUT2D eigenvalue weighted by atomic mass is 32.2. The normalized spacial score (nSPS) is 11.4. The lowest BCUT2D eigenvalue weighted by molar-refractivity contribution is 0.282. The Hall–Kier alpha value is -1.15. The first-order valence-electron chi connectivity index (χ1n) is 3.72. The van der Waals surface area contributed by atoms with Gasteiger partial charge in [0.05, 0.1) is 17.2 Å². The lowest BCUT2D eigenvalue weighted by atomic mass is 10.2. The number of hydrazine groups is 1. The maximum absolute atomic E-state index is 10.9. The molecule has 6 N–H and O–H groups in total. The van der Waals surface area contributed by atoms with Crippen molar-refractivity contribution in [3.8, 4) is 0 Å². The Morgan fingerprint density at radius 2 is 2.07 bits per heavy atom. The smallest absolute Gasteiger partial charge is 0.238 e. The van der Waals surface area contributed by atoms with Crippen LogP contribution in [-0.2, 0) is 16.6 Å². The number of nitrogens with two attached hydrogens (primary N) is 2. The molecule has 1 aromatic carbocycles. The van der Waals surface area contributed by atoms with Gasteiger partial charge in [-0.1, -0.05) is 0 Å². The van der Waals surface area contributed by atoms with Crippen molar-refractivity contribution in [3.05, 3.63) is 23.8 Å². The van der Waals surface area contributed by atoms with E-state index in [-0.39, 0.29) is 11.5 Å². The fraction of sp³-hybridized carbons (Fsp3) is 0.143. The lowest BCUT2D eigenvalue weighted by Gasteiger charge is -2.07. The van der Waals surface area contributed by atoms with Gasteiger partial charge < -0.3 is 10.5 Å². The molecule has 0 aliphatic carbocycles. The van der Waals surface area contributed by atoms with E-state index in [1.807, 2.05) is 0 Å². The van der Waals surface area contributed by atoms with E-state index in [1.54, 1.807) is 0 Å². The standard InChI is InChI=1S/C7H11N3O3S/c8-10-7-2-1-6(14(9,12)13)3-5(7)4-11/h1-3,10-11H,4,8H2,(H2,9,12,13). The van der Waals surface area contributed by atoms with E-state index in [4.69, 9.17) is 16.1 Å². The van der Waals surface area contributed by atoms with E-state index in [0.29, 0.717) is 11.3 Å². The third kappa shape index (κ3) is 2.20. The van der Waals surface area contributed by atoms with Gasteiger partial charge in [-0.15, -0.1) is 0 Å². The van der Waals surface area contributed by atoms with E-state index >= 15 is 0 Å². The molecule has 6 nitrogen and oxygen atoms in total. The van der Waals surface area contributed by atoms with Crippen LogP contribution in [0.25, 0.3) is 0 Å². The average molecular weight is 217 g/mol. The van der Waals surface area contributed by atoms with Crippen LogP contribution < -0.4 is 16.4 Å². The first-order valence-corrected chi connectivity index (χ1v) is 5.27. The fourth-order valence-corrected chi connectivity index (χ4v) is 1.58. The predicted octanol–water partition coefficient (Wildman–Crippen LogP) is -0.888. The second-order valence-corrected chi connectivity index (χ2v) is 4.23. The number of hydrogen-bond donors (Lipinski definition) is 4. The molecule has 0 spiro atoms. The number of benzene rings is 1. The number of rotatable bonds is 3. The number of aliphatic hydroxyl groups is 1. The molecular weight excluding hydrogens is 206 g/mol. The Kier molecular flexibility index (Phi) is 3.06. The van der Waals surface area contributed by atoms with Gasteiger partial charge in [-0.05, 0) is 18.2 Å². The number of nitrogens with one attached hydrogen (secondary N) is 1. The van der Waals surface area contributed by atoms with Gasteiger partial charge in [-0.2, -0.15) is 0 Å². The number of aliphatic hydroxyl groups excluding tert-OH is 1. The van der Waals surface area contributed by atoms with E-state index in [2.05, 4.69) is 5.43 Å². The Morgan fingerprint density at radius 1 is 1.43 bits per heavy atom. The molecule has 78 valence electrons. The molecule has 1 aromatic rings. The summed E-state index contributed by atoms with van der Waals surface area (Å²) in [6.45, 7) is -0.317. The zero-order chi connectivity index (χ0) is 10.8. The van der Waals surface area contributed by atoms with Gasteiger partial charge >= 0.3 is 0 Å². The van der Waals surface area contributed by atoms with Gasteiger partial charge in [0.25, 0.3) is 0 Å². The van der Waals surface area contributed by atoms with Crippen molar-refractivity contribution in [2.24, 2.45) is 11.0 Å². The molecular formula is C7H11N3O3S. The minimum atomic E-state index is -3.74. The lowest BCUT2D eigenvalue weighted by Crippen LogP contribution is -2.14. The van der Waals surface area contributed by atoms with Gasteiger partial charge in [0, 0.05) is 5.56 Å². The number of hydrogen-bond acceptors (Lipinski definition) is 5. The molecule has 0 saturated heterocycles. The van der Waals surface area contributed by atoms with Crippen LogP contribution in [0.15, 0.2) is 23.1 Å². The quantitative estimate of drug-likeness (QED) is 0.387. The van der Waals surface area contributed by atoms with Crippen molar-refractivity contribution in [1.29, 1.82) is 0 Å². The topological polar surface area (TPSA) is 118 Å². The molecule has 0 amide bonds. The Bertz CT molecular complexity index is 430. The minimum Gasteiger partial charge on any atom is -0.392 e. The fourth-order valence-electron chi connectivity index (χ4n) is 1.02. The number of nitrogen functional groups attached to an aromatic ring is 1. The van der Waals surface area contributed by atoms with Crippen molar-refractivity contribution < 1.29 is 13.5 Å². The number of sulfonamides is 1. The van der Waals surface area contributed by atoms with Gasteiger partial charge in [0.2, 0.25) is 10.0 Å². The summed E-state index contributed by atoms with van der Waals surface area (Å²) in [6, 6.07) is 4.01. The highest BCUT2D eigenvalue weighted by Crippen LogP contribution is 2.18. The van der Waals surface area contributed by atoms with Crippen LogP contribution >= 0.6 is 0 Å². The van der Waals surface area contributed by atoms with Crippen LogP contribution in [0.4, 0.5) is 5.69 Å². The summed E-state index contributed by atoms with van der Waals surface area (Å²) < 4.78 is 21.9. The van der Waals surface area contributed by atoms with Crippen LogP contribution in [-0.4, -0.2) is 13.5 Å². The number of anilines is 1. The minimum absolute atomic E-state index is 0.0550. The van der Waals surface area contributed by atoms with Crippen LogP contribution in [0.1, 0.15) is 5.56 Å². The molecule has 0 radical (unpaired) electrons. The number of primary sulfonamides is 1. The third-order valence-corrected chi connectivity index (χ3v) is 2.64. The van der Waals surface area contributed by atoms with Crippen molar-refractivity contribution >= 4 is 15.7 Å². The van der Waals surface area contributed by atoms with E-state index in [9.17, 15) is 8.42 Å². The van der Waals surface area contributed by atoms with Gasteiger partial charge in [-0.25, -0.2) is 13.6 Å². The van der Waals surface area contributed by atoms with Crippen LogP contribution in [0, 0.1) is 0 Å². The molecule has 0 atom stereocenters. The third-order valence-electron chi connectivity index (χ3n) is 1.73. The molecule has 0 saturated carbocycles. The largest absolute Gasteiger partial charge is 0.392 e. The summed E-state index contributed by atoms with van der Waals surface area (Å²) >= 11 is 0. The molecule has 0 unspecified atom stereocenters. The molecule has 0 aromatic heterocycles. The second-order valence-electron chi connectivity index (χ2n) is 2.67. The second kappa shape index (κ2) is 3.93. The summed E-state index contributed by atoms with van der Waals surface area (Å²) in [5.41, 5.74) is 3.16. The first kappa shape index (κ1) is 10.9. The van der Waals surface area contributed by atoms with Crippen LogP contribution in [0.2, 0.25) is 0 Å². The van der Waals surface area contributed by atoms with Gasteiger partial charge in [0.1, 0.15) is 0 Å². The molecule has 0 aliphatic heterocycles. The molecule has 0 fully saturated rings. The maximum Gasteiger partial charge on any atom is 0.238 e. The van der Waals surface area contributed by atoms with Crippen molar-refractivity contribution in [3.63, 3.8) is 0 Å². The molecule has 0 heterocycles. The first-order chi connectivity index (χ1) is 6.49. The van der Waals surface area contributed by atoms with Crippen molar-refractivity contribution in [2.75, 3.05) is 5.43 Å². The summed E-state index contributed by atoms with van der Waals surface area (Å²) in [7, 11) is -3.74. The summed E-state index contributed by atoms with van der Waals surface area (Å²) in [4.78, 5) is -0.0550. The zero-order valence-corrected chi connectivity index (χ0v) is 8.08. The summed E-state index contributed by atoms with van der Waals surface area (Å²) in [6.07, 6.45) is 0. The van der Waals surface area contributed by atoms with Crippen molar-refractivity contribution in [1.82, 2.24) is 0 Å². The van der Waals surface area contributed by atoms with Crippen LogP contribution in [0.5, 0.6) is 0 Å². The average Bonchev–Trinajstić information content (AvgIpc) is 2.15. The molecule has 7 heteroatoms. The highest BCUT2D eigenvalue weighted by Gasteiger charge is 2.10. The zero-order valence-electron chi connectivity index (χ0n) is 7.27. The van der Waals surface area contributed by atoms with E-state index < -0.39 is 10.0 Å². The summed E-state index contributed by atoms with van der Waals surface area (Å²) in [5.74, 6) is 5.14. The Labute approximate surface area is 81.6 Å². The van der Waals surface area contributed by atoms with E-state index in [1.165, 1.54) is 18.2 Å². The highest BCUT2D eigenvalue weighted by molar-refractivity contribution is 7.89. The summed E-state index contributed by atoms with van der Waals surface area (Å²) in [5, 5.41) is 13.8. The SMILES string of the molecule is NNc1ccc(S(N)(=O)=O)cc1CO. The van der Waals surface area contributed by atoms with Crippen LogP contribution in [0.3, 0.4) is 0 Å². The van der Waals surface area contributed by atoms with E-state index in [0.717, 1.165) is 0 Å². The monoisotopic (exact) mass is 217 g/mol. The van der Waals surface area contributed by atoms with Gasteiger partial charge in [-0.3, -0.25) is 5.84 Å². The maximum atomic E-state index is 10.9.